The van der Waals surface area contributed by atoms with Crippen LogP contribution < -0.4 is 0 Å². The number of hydrogen-bond donors (Lipinski definition) is 1. The second-order valence-electron chi connectivity index (χ2n) is 5.87. The van der Waals surface area contributed by atoms with E-state index in [-0.39, 0.29) is 17.1 Å². The molecule has 0 aliphatic heterocycles. The number of benzene rings is 3. The van der Waals surface area contributed by atoms with E-state index in [1.54, 1.807) is 24.3 Å². The molecule has 3 aromatic carbocycles. The third kappa shape index (κ3) is 3.92. The highest BCUT2D eigenvalue weighted by Gasteiger charge is 2.12. The van der Waals surface area contributed by atoms with Crippen LogP contribution >= 0.6 is 0 Å². The quantitative estimate of drug-likeness (QED) is 0.685. The van der Waals surface area contributed by atoms with Crippen molar-refractivity contribution in [3.05, 3.63) is 107 Å². The number of carboxylic acid groups (broad SMARTS) is 1. The molecule has 0 heterocycles. The number of rotatable bonds is 6. The molecule has 26 heavy (non-hydrogen) atoms. The Labute approximate surface area is 150 Å². The van der Waals surface area contributed by atoms with Gasteiger partial charge in [-0.25, -0.2) is 4.79 Å². The molecule has 4 nitrogen and oxygen atoms in total. The topological polar surface area (TPSA) is 71.4 Å². The highest BCUT2D eigenvalue weighted by atomic mass is 16.4. The van der Waals surface area contributed by atoms with E-state index in [1.807, 2.05) is 30.3 Å². The summed E-state index contributed by atoms with van der Waals surface area (Å²) in [6.45, 7) is 0. The molecule has 0 bridgehead atoms. The van der Waals surface area contributed by atoms with E-state index >= 15 is 0 Å². The van der Waals surface area contributed by atoms with Crippen LogP contribution in [0.2, 0.25) is 0 Å². The van der Waals surface area contributed by atoms with Crippen LogP contribution in [0.5, 0.6) is 0 Å². The van der Waals surface area contributed by atoms with Gasteiger partial charge in [0.05, 0.1) is 5.56 Å². The fourth-order valence-electron chi connectivity index (χ4n) is 2.62. The van der Waals surface area contributed by atoms with Crippen LogP contribution in [0.4, 0.5) is 0 Å². The van der Waals surface area contributed by atoms with Crippen molar-refractivity contribution in [2.24, 2.45) is 0 Å². The molecule has 3 rings (SSSR count). The van der Waals surface area contributed by atoms with Crippen molar-refractivity contribution in [3.8, 4) is 0 Å². The Morgan fingerprint density at radius 1 is 0.615 bits per heavy atom. The molecule has 0 unspecified atom stereocenters. The molecule has 0 aliphatic rings. The molecule has 4 heteroatoms. The first kappa shape index (κ1) is 17.3. The van der Waals surface area contributed by atoms with Crippen molar-refractivity contribution >= 4 is 17.5 Å². The molecule has 0 aliphatic carbocycles. The Kier molecular flexibility index (Phi) is 5.04. The van der Waals surface area contributed by atoms with Gasteiger partial charge in [-0.3, -0.25) is 9.59 Å². The van der Waals surface area contributed by atoms with Gasteiger partial charge in [-0.1, -0.05) is 66.7 Å². The van der Waals surface area contributed by atoms with Gasteiger partial charge < -0.3 is 5.11 Å². The van der Waals surface area contributed by atoms with Crippen molar-refractivity contribution in [2.45, 2.75) is 6.42 Å². The van der Waals surface area contributed by atoms with E-state index in [4.69, 9.17) is 5.11 Å². The number of carbonyl (C=O) groups is 3. The Balaban J connectivity index is 1.73. The maximum absolute atomic E-state index is 12.5. The first-order chi connectivity index (χ1) is 12.5. The van der Waals surface area contributed by atoms with Gasteiger partial charge >= 0.3 is 5.97 Å². The number of aromatic carboxylic acids is 1. The van der Waals surface area contributed by atoms with Gasteiger partial charge in [0.2, 0.25) is 0 Å². The van der Waals surface area contributed by atoms with Gasteiger partial charge in [-0.05, 0) is 17.7 Å². The van der Waals surface area contributed by atoms with Crippen molar-refractivity contribution in [2.75, 3.05) is 0 Å². The molecule has 0 saturated carbocycles. The Bertz CT molecular complexity index is 940. The predicted octanol–water partition coefficient (Wildman–Crippen LogP) is 4.04. The fraction of sp³-hybridized carbons (Fsp3) is 0.0455. The van der Waals surface area contributed by atoms with Crippen LogP contribution in [0, 0.1) is 0 Å². The van der Waals surface area contributed by atoms with Gasteiger partial charge in [-0.2, -0.15) is 0 Å². The van der Waals surface area contributed by atoms with E-state index in [0.717, 1.165) is 5.56 Å². The van der Waals surface area contributed by atoms with E-state index in [0.29, 0.717) is 23.1 Å². The van der Waals surface area contributed by atoms with Gasteiger partial charge in [0.1, 0.15) is 0 Å². The predicted molar refractivity (Wildman–Crippen MR) is 97.8 cm³/mol. The first-order valence-electron chi connectivity index (χ1n) is 8.10. The average molecular weight is 344 g/mol. The lowest BCUT2D eigenvalue weighted by atomic mass is 9.98. The summed E-state index contributed by atoms with van der Waals surface area (Å²) in [5.41, 5.74) is 2.47. The summed E-state index contributed by atoms with van der Waals surface area (Å²) in [5.74, 6) is -1.27. The van der Waals surface area contributed by atoms with E-state index in [1.165, 1.54) is 24.3 Å². The van der Waals surface area contributed by atoms with Crippen LogP contribution in [0.25, 0.3) is 0 Å². The lowest BCUT2D eigenvalue weighted by Crippen LogP contribution is -2.06. The molecule has 0 saturated heterocycles. The summed E-state index contributed by atoms with van der Waals surface area (Å²) in [4.78, 5) is 35.7. The summed E-state index contributed by atoms with van der Waals surface area (Å²) in [5, 5.41) is 8.90. The molecule has 3 aromatic rings. The average Bonchev–Trinajstić information content (AvgIpc) is 2.68. The highest BCUT2D eigenvalue weighted by molar-refractivity contribution is 6.09. The molecule has 0 aromatic heterocycles. The molecule has 0 amide bonds. The molecular formula is C22H16O4. The smallest absolute Gasteiger partial charge is 0.335 e. The third-order valence-corrected chi connectivity index (χ3v) is 4.07. The standard InChI is InChI=1S/C22H16O4/c23-20(14-15-4-2-1-3-5-15)16-6-8-17(9-7-16)21(24)18-10-12-19(13-11-18)22(25)26/h1-13H,14H2,(H,25,26). The van der Waals surface area contributed by atoms with Crippen molar-refractivity contribution in [1.29, 1.82) is 0 Å². The number of hydrogen-bond acceptors (Lipinski definition) is 3. The first-order valence-corrected chi connectivity index (χ1v) is 8.10. The number of ketones is 2. The summed E-state index contributed by atoms with van der Waals surface area (Å²) >= 11 is 0. The van der Waals surface area contributed by atoms with E-state index in [9.17, 15) is 14.4 Å². The molecule has 1 N–H and O–H groups in total. The third-order valence-electron chi connectivity index (χ3n) is 4.07. The van der Waals surface area contributed by atoms with E-state index < -0.39 is 5.97 Å². The number of carboxylic acids is 1. The number of Topliss-reactive ketones (excluding diaryl/α,β-unsaturated/α-hetero) is 1. The summed E-state index contributed by atoms with van der Waals surface area (Å²) < 4.78 is 0. The summed E-state index contributed by atoms with van der Waals surface area (Å²) in [6.07, 6.45) is 0.310. The molecule has 0 atom stereocenters. The Hall–Kier alpha value is -3.53. The molecule has 128 valence electrons. The molecular weight excluding hydrogens is 328 g/mol. The zero-order valence-corrected chi connectivity index (χ0v) is 13.9. The van der Waals surface area contributed by atoms with Crippen LogP contribution in [-0.4, -0.2) is 22.6 Å². The normalized spacial score (nSPS) is 10.3. The summed E-state index contributed by atoms with van der Waals surface area (Å²) in [7, 11) is 0. The minimum Gasteiger partial charge on any atom is -0.478 e. The molecule has 0 spiro atoms. The van der Waals surface area contributed by atoms with Crippen molar-refractivity contribution < 1.29 is 19.5 Å². The maximum atomic E-state index is 12.5. The minimum absolute atomic E-state index is 0.0130. The van der Waals surface area contributed by atoms with Crippen LogP contribution in [0.1, 0.15) is 42.2 Å². The summed E-state index contributed by atoms with van der Waals surface area (Å²) in [6, 6.07) is 21.8. The van der Waals surface area contributed by atoms with Crippen molar-refractivity contribution in [3.63, 3.8) is 0 Å². The number of carbonyl (C=O) groups excluding carboxylic acids is 2. The molecule has 0 radical (unpaired) electrons. The van der Waals surface area contributed by atoms with E-state index in [2.05, 4.69) is 0 Å². The Morgan fingerprint density at radius 2 is 1.08 bits per heavy atom. The SMILES string of the molecule is O=C(O)c1ccc(C(=O)c2ccc(C(=O)Cc3ccccc3)cc2)cc1. The maximum Gasteiger partial charge on any atom is 0.335 e. The van der Waals surface area contributed by atoms with Gasteiger partial charge in [-0.15, -0.1) is 0 Å². The second kappa shape index (κ2) is 7.57. The van der Waals surface area contributed by atoms with Gasteiger partial charge in [0.25, 0.3) is 0 Å². The fourth-order valence-corrected chi connectivity index (χ4v) is 2.62. The van der Waals surface area contributed by atoms with Gasteiger partial charge in [0.15, 0.2) is 11.6 Å². The van der Waals surface area contributed by atoms with Crippen LogP contribution in [-0.2, 0) is 6.42 Å². The lowest BCUT2D eigenvalue weighted by Gasteiger charge is -2.05. The van der Waals surface area contributed by atoms with Gasteiger partial charge in [0, 0.05) is 23.1 Å². The zero-order valence-electron chi connectivity index (χ0n) is 13.9. The van der Waals surface area contributed by atoms with Crippen LogP contribution in [0.3, 0.4) is 0 Å². The molecule has 0 fully saturated rings. The lowest BCUT2D eigenvalue weighted by molar-refractivity contribution is 0.0696. The minimum atomic E-state index is -1.04. The second-order valence-corrected chi connectivity index (χ2v) is 5.87. The van der Waals surface area contributed by atoms with Crippen LogP contribution in [0.15, 0.2) is 78.9 Å². The monoisotopic (exact) mass is 344 g/mol. The highest BCUT2D eigenvalue weighted by Crippen LogP contribution is 2.14. The van der Waals surface area contributed by atoms with Crippen molar-refractivity contribution in [1.82, 2.24) is 0 Å². The largest absolute Gasteiger partial charge is 0.478 e. The Morgan fingerprint density at radius 3 is 1.58 bits per heavy atom. The zero-order chi connectivity index (χ0) is 18.5.